The van der Waals surface area contributed by atoms with Crippen molar-refractivity contribution in [3.8, 4) is 5.75 Å². The van der Waals surface area contributed by atoms with E-state index in [9.17, 15) is 5.11 Å². The van der Waals surface area contributed by atoms with Gasteiger partial charge in [0.1, 0.15) is 5.75 Å². The first kappa shape index (κ1) is 35.8. The van der Waals surface area contributed by atoms with Crippen molar-refractivity contribution >= 4 is 39.7 Å². The first-order chi connectivity index (χ1) is 17.3. The van der Waals surface area contributed by atoms with Gasteiger partial charge in [-0.25, -0.2) is 0 Å². The quantitative estimate of drug-likeness (QED) is 0.248. The Morgan fingerprint density at radius 1 is 1.00 bits per heavy atom. The van der Waals surface area contributed by atoms with Crippen LogP contribution in [0.5, 0.6) is 5.75 Å². The molecule has 38 heavy (non-hydrogen) atoms. The maximum Gasteiger partial charge on any atom is 0.138 e. The van der Waals surface area contributed by atoms with Gasteiger partial charge in [0.2, 0.25) is 0 Å². The number of unbranched alkanes of at least 4 members (excludes halogenated alkanes) is 1. The van der Waals surface area contributed by atoms with Gasteiger partial charge in [0.05, 0.1) is 5.02 Å². The maximum atomic E-state index is 10.4. The van der Waals surface area contributed by atoms with Crippen LogP contribution in [0.25, 0.3) is 4.65 Å². The molecule has 1 N–H and O–H groups in total. The summed E-state index contributed by atoms with van der Waals surface area (Å²) >= 11 is 12.3. The van der Waals surface area contributed by atoms with Crippen molar-refractivity contribution < 1.29 is 24.6 Å². The summed E-state index contributed by atoms with van der Waals surface area (Å²) < 4.78 is 4.82. The SMILES string of the molecule is CCCCN1CCC[C@H]1CN(Cc1ccccc1)Cc1cc(Cl)cc(Cl)c1O.C[Si](C)(C)[N-][Si](C)(C)C.[Zn]. The van der Waals surface area contributed by atoms with Crippen molar-refractivity contribution in [3.05, 3.63) is 68.3 Å². The number of hydrogen-bond acceptors (Lipinski definition) is 3. The minimum absolute atomic E-state index is 0. The molecule has 1 aliphatic rings. The molecule has 2 aromatic carbocycles. The van der Waals surface area contributed by atoms with Crippen molar-refractivity contribution in [3.63, 3.8) is 0 Å². The van der Waals surface area contributed by atoms with Crippen molar-refractivity contribution in [2.75, 3.05) is 19.6 Å². The molecule has 0 radical (unpaired) electrons. The van der Waals surface area contributed by atoms with Crippen LogP contribution in [0.15, 0.2) is 42.5 Å². The maximum absolute atomic E-state index is 10.4. The van der Waals surface area contributed by atoms with E-state index in [2.05, 4.69) is 80.3 Å². The van der Waals surface area contributed by atoms with Gasteiger partial charge in [0.15, 0.2) is 0 Å². The molecule has 0 saturated carbocycles. The van der Waals surface area contributed by atoms with E-state index in [-0.39, 0.29) is 25.2 Å². The van der Waals surface area contributed by atoms with Crippen LogP contribution in [0.1, 0.15) is 43.7 Å². The number of benzene rings is 2. The summed E-state index contributed by atoms with van der Waals surface area (Å²) in [6.07, 6.45) is 4.98. The Bertz CT molecular complexity index is 943. The van der Waals surface area contributed by atoms with Crippen LogP contribution < -0.4 is 0 Å². The Hall–Kier alpha value is -0.243. The van der Waals surface area contributed by atoms with Crippen LogP contribution in [-0.2, 0) is 32.6 Å². The zero-order valence-electron chi connectivity index (χ0n) is 24.7. The number of phenolic OH excluding ortho intramolecular Hbond substituents is 1. The van der Waals surface area contributed by atoms with Crippen LogP contribution in [0, 0.1) is 0 Å². The van der Waals surface area contributed by atoms with E-state index in [1.54, 1.807) is 6.07 Å². The number of aromatic hydroxyl groups is 1. The van der Waals surface area contributed by atoms with Gasteiger partial charge in [-0.05, 0) is 50.0 Å². The van der Waals surface area contributed by atoms with Crippen molar-refractivity contribution in [2.45, 2.75) is 91.0 Å². The molecule has 3 rings (SSSR count). The first-order valence-corrected chi connectivity index (χ1v) is 21.3. The Labute approximate surface area is 257 Å². The predicted octanol–water partition coefficient (Wildman–Crippen LogP) is 8.99. The molecular weight excluding hydrogens is 599 g/mol. The smallest absolute Gasteiger partial charge is 0.138 e. The number of likely N-dealkylation sites (tertiary alicyclic amines) is 1. The van der Waals surface area contributed by atoms with Crippen LogP contribution >= 0.6 is 23.2 Å². The Morgan fingerprint density at radius 2 is 1.63 bits per heavy atom. The third-order valence-corrected chi connectivity index (χ3v) is 12.1. The van der Waals surface area contributed by atoms with Gasteiger partial charge in [0, 0.05) is 55.7 Å². The number of hydrogen-bond donors (Lipinski definition) is 1. The fraction of sp³-hybridized carbons (Fsp3) is 0.586. The second-order valence-corrected chi connectivity index (χ2v) is 22.6. The summed E-state index contributed by atoms with van der Waals surface area (Å²) in [4.78, 5) is 5.04. The topological polar surface area (TPSA) is 40.8 Å². The summed E-state index contributed by atoms with van der Waals surface area (Å²) in [7, 11) is -2.21. The van der Waals surface area contributed by atoms with Gasteiger partial charge in [0.25, 0.3) is 0 Å². The van der Waals surface area contributed by atoms with Crippen LogP contribution in [0.3, 0.4) is 0 Å². The molecule has 1 heterocycles. The number of phenols is 1. The van der Waals surface area contributed by atoms with Gasteiger partial charge >= 0.3 is 0 Å². The number of nitrogens with zero attached hydrogens (tertiary/aromatic N) is 3. The molecule has 0 aliphatic carbocycles. The van der Waals surface area contributed by atoms with E-state index in [0.717, 1.165) is 18.7 Å². The third kappa shape index (κ3) is 13.9. The monoisotopic (exact) mass is 644 g/mol. The number of halogens is 2. The molecule has 0 aromatic heterocycles. The fourth-order valence-corrected chi connectivity index (χ4v) is 13.7. The van der Waals surface area contributed by atoms with Gasteiger partial charge in [-0.3, -0.25) is 9.80 Å². The normalized spacial score (nSPS) is 16.2. The van der Waals surface area contributed by atoms with Gasteiger partial charge < -0.3 is 9.75 Å². The molecule has 2 aromatic rings. The van der Waals surface area contributed by atoms with E-state index >= 15 is 0 Å². The summed E-state index contributed by atoms with van der Waals surface area (Å²) in [5.41, 5.74) is 2.06. The van der Waals surface area contributed by atoms with Crippen LogP contribution in [0.4, 0.5) is 0 Å². The summed E-state index contributed by atoms with van der Waals surface area (Å²) in [6, 6.07) is 14.5. The van der Waals surface area contributed by atoms with Gasteiger partial charge in [-0.2, -0.15) is 0 Å². The van der Waals surface area contributed by atoms with Gasteiger partial charge in [-0.1, -0.05) is 123 Å². The molecule has 0 unspecified atom stereocenters. The molecule has 0 amide bonds. The van der Waals surface area contributed by atoms with E-state index in [0.29, 0.717) is 22.6 Å². The second kappa shape index (κ2) is 16.9. The zero-order chi connectivity index (χ0) is 27.6. The van der Waals surface area contributed by atoms with E-state index in [1.807, 2.05) is 12.1 Å². The molecule has 0 spiro atoms. The predicted molar refractivity (Wildman–Crippen MR) is 168 cm³/mol. The minimum Gasteiger partial charge on any atom is -0.668 e. The van der Waals surface area contributed by atoms with Crippen molar-refractivity contribution in [1.29, 1.82) is 0 Å². The molecule has 9 heteroatoms. The summed E-state index contributed by atoms with van der Waals surface area (Å²) in [5, 5.41) is 11.3. The molecule has 1 aliphatic heterocycles. The van der Waals surface area contributed by atoms with E-state index in [4.69, 9.17) is 27.8 Å². The average Bonchev–Trinajstić information content (AvgIpc) is 3.21. The average molecular weight is 647 g/mol. The molecule has 4 nitrogen and oxygen atoms in total. The third-order valence-electron chi connectivity index (χ3n) is 6.19. The molecule has 0 bridgehead atoms. The van der Waals surface area contributed by atoms with E-state index < -0.39 is 16.5 Å². The fourth-order valence-electron chi connectivity index (χ4n) is 5.07. The van der Waals surface area contributed by atoms with Gasteiger partial charge in [-0.15, -0.1) is 0 Å². The summed E-state index contributed by atoms with van der Waals surface area (Å²) in [6.45, 7) is 20.8. The van der Waals surface area contributed by atoms with Crippen molar-refractivity contribution in [2.24, 2.45) is 0 Å². The Morgan fingerprint density at radius 3 is 2.18 bits per heavy atom. The summed E-state index contributed by atoms with van der Waals surface area (Å²) in [5.74, 6) is 0.137. The first-order valence-electron chi connectivity index (χ1n) is 13.7. The zero-order valence-corrected chi connectivity index (χ0v) is 31.2. The largest absolute Gasteiger partial charge is 0.668 e. The minimum atomic E-state index is -1.11. The van der Waals surface area contributed by atoms with Crippen molar-refractivity contribution in [1.82, 2.24) is 9.80 Å². The molecular formula is C29H48Cl2N3OSi2Zn-. The van der Waals surface area contributed by atoms with Crippen LogP contribution in [-0.4, -0.2) is 57.1 Å². The molecule has 210 valence electrons. The Balaban J connectivity index is 0.000000622. The second-order valence-electron chi connectivity index (χ2n) is 12.2. The molecule has 1 atom stereocenters. The molecule has 1 saturated heterocycles. The van der Waals surface area contributed by atoms with Crippen LogP contribution in [0.2, 0.25) is 49.3 Å². The molecule has 1 fully saturated rings. The standard InChI is InChI=1S/C23H30Cl2N2O.C6H18NSi2.Zn/c1-2-3-11-27-12-7-10-21(27)17-26(15-18-8-5-4-6-9-18)16-19-13-20(24)14-22(25)23(19)28;1-8(2,3)7-9(4,5)6;/h4-6,8-9,13-14,21,28H,2-3,7,10-12,15-17H2,1H3;1-6H3;/q;-1;/t21-;;/m0../s1. The Kier molecular flexibility index (Phi) is 15.9. The van der Waals surface area contributed by atoms with E-state index in [1.165, 1.54) is 44.3 Å². The number of rotatable bonds is 11.